The van der Waals surface area contributed by atoms with E-state index in [-0.39, 0.29) is 5.54 Å². The highest BCUT2D eigenvalue weighted by atomic mass is 15.2. The van der Waals surface area contributed by atoms with Crippen molar-refractivity contribution in [3.8, 4) is 0 Å². The molecule has 1 saturated heterocycles. The van der Waals surface area contributed by atoms with Crippen LogP contribution in [-0.2, 0) is 0 Å². The largest absolute Gasteiger partial charge is 0.367 e. The summed E-state index contributed by atoms with van der Waals surface area (Å²) in [6, 6.07) is 0. The van der Waals surface area contributed by atoms with E-state index in [4.69, 9.17) is 0 Å². The zero-order valence-corrected chi connectivity index (χ0v) is 10.8. The Bertz CT molecular complexity index is 335. The molecular weight excluding hydrogens is 212 g/mol. The number of anilines is 1. The number of aromatic nitrogens is 2. The lowest BCUT2D eigenvalue weighted by Crippen LogP contribution is -2.50. The summed E-state index contributed by atoms with van der Waals surface area (Å²) in [4.78, 5) is 10.6. The monoisotopic (exact) mass is 234 g/mol. The topological polar surface area (TPSA) is 41.1 Å². The molecule has 1 N–H and O–H groups in total. The molecule has 1 aliphatic heterocycles. The number of nitrogens with one attached hydrogen (secondary N) is 1. The van der Waals surface area contributed by atoms with E-state index in [1.165, 1.54) is 6.42 Å². The molecule has 94 valence electrons. The molecule has 4 heteroatoms. The average molecular weight is 234 g/mol. The van der Waals surface area contributed by atoms with Gasteiger partial charge >= 0.3 is 0 Å². The highest BCUT2D eigenvalue weighted by Crippen LogP contribution is 2.23. The molecule has 4 nitrogen and oxygen atoms in total. The third-order valence-corrected chi connectivity index (χ3v) is 3.86. The van der Waals surface area contributed by atoms with Crippen molar-refractivity contribution in [2.75, 3.05) is 24.5 Å². The highest BCUT2D eigenvalue weighted by molar-refractivity contribution is 5.42. The molecule has 0 radical (unpaired) electrons. The summed E-state index contributed by atoms with van der Waals surface area (Å²) in [5.41, 5.74) is 1.38. The van der Waals surface area contributed by atoms with Crippen LogP contribution in [0.15, 0.2) is 18.7 Å². The molecular formula is C13H22N4. The summed E-state index contributed by atoms with van der Waals surface area (Å²) >= 11 is 0. The van der Waals surface area contributed by atoms with Gasteiger partial charge in [-0.25, -0.2) is 9.97 Å². The molecule has 0 saturated carbocycles. The Balaban J connectivity index is 2.18. The van der Waals surface area contributed by atoms with Crippen LogP contribution in [0.1, 0.15) is 33.1 Å². The van der Waals surface area contributed by atoms with E-state index in [0.717, 1.165) is 38.2 Å². The molecule has 0 atom stereocenters. The predicted molar refractivity (Wildman–Crippen MR) is 70.2 cm³/mol. The molecule has 0 amide bonds. The van der Waals surface area contributed by atoms with Gasteiger partial charge in [-0.05, 0) is 25.8 Å². The first-order chi connectivity index (χ1) is 8.29. The second-order valence-electron chi connectivity index (χ2n) is 4.79. The van der Waals surface area contributed by atoms with Crippen molar-refractivity contribution >= 4 is 5.69 Å². The first-order valence-corrected chi connectivity index (χ1v) is 6.54. The van der Waals surface area contributed by atoms with Crippen molar-refractivity contribution in [1.29, 1.82) is 0 Å². The van der Waals surface area contributed by atoms with Crippen LogP contribution in [0.2, 0.25) is 0 Å². The third-order valence-electron chi connectivity index (χ3n) is 3.86. The van der Waals surface area contributed by atoms with E-state index in [1.54, 1.807) is 6.33 Å². The van der Waals surface area contributed by atoms with Gasteiger partial charge in [0.1, 0.15) is 6.33 Å². The Kier molecular flexibility index (Phi) is 3.94. The van der Waals surface area contributed by atoms with Crippen molar-refractivity contribution in [1.82, 2.24) is 15.3 Å². The molecule has 0 aromatic carbocycles. The van der Waals surface area contributed by atoms with E-state index < -0.39 is 0 Å². The Morgan fingerprint density at radius 1 is 1.29 bits per heavy atom. The Morgan fingerprint density at radius 2 is 2.00 bits per heavy atom. The molecule has 0 aliphatic carbocycles. The van der Waals surface area contributed by atoms with Crippen molar-refractivity contribution in [2.24, 2.45) is 0 Å². The van der Waals surface area contributed by atoms with Gasteiger partial charge < -0.3 is 10.2 Å². The molecule has 0 spiro atoms. The lowest BCUT2D eigenvalue weighted by molar-refractivity contribution is 0.321. The lowest BCUT2D eigenvalue weighted by Gasteiger charge is -2.36. The van der Waals surface area contributed by atoms with Crippen LogP contribution in [-0.4, -0.2) is 35.1 Å². The number of nitrogens with zero attached hydrogens (tertiary/aromatic N) is 3. The van der Waals surface area contributed by atoms with Crippen LogP contribution in [0, 0.1) is 0 Å². The van der Waals surface area contributed by atoms with Crippen LogP contribution in [0.25, 0.3) is 0 Å². The molecule has 17 heavy (non-hydrogen) atoms. The van der Waals surface area contributed by atoms with Gasteiger partial charge in [-0.1, -0.05) is 13.8 Å². The van der Waals surface area contributed by atoms with Crippen LogP contribution in [0.5, 0.6) is 0 Å². The van der Waals surface area contributed by atoms with Gasteiger partial charge in [0.15, 0.2) is 0 Å². The summed E-state index contributed by atoms with van der Waals surface area (Å²) in [7, 11) is 0. The van der Waals surface area contributed by atoms with Crippen LogP contribution >= 0.6 is 0 Å². The normalized spacial score (nSPS) is 20.0. The van der Waals surface area contributed by atoms with Gasteiger partial charge in [-0.2, -0.15) is 0 Å². The quantitative estimate of drug-likeness (QED) is 0.866. The summed E-state index contributed by atoms with van der Waals surface area (Å²) in [6.07, 6.45) is 8.91. The van der Waals surface area contributed by atoms with Gasteiger partial charge in [0, 0.05) is 18.6 Å². The zero-order chi connectivity index (χ0) is 12.1. The minimum absolute atomic E-state index is 0.242. The minimum atomic E-state index is 0.242. The molecule has 2 heterocycles. The van der Waals surface area contributed by atoms with Gasteiger partial charge in [-0.3, -0.25) is 0 Å². The lowest BCUT2D eigenvalue weighted by atomic mass is 9.92. The first-order valence-electron chi connectivity index (χ1n) is 6.54. The fourth-order valence-corrected chi connectivity index (χ4v) is 2.52. The van der Waals surface area contributed by atoms with Crippen molar-refractivity contribution in [3.05, 3.63) is 18.7 Å². The maximum Gasteiger partial charge on any atom is 0.115 e. The van der Waals surface area contributed by atoms with Gasteiger partial charge in [0.25, 0.3) is 0 Å². The molecule has 1 fully saturated rings. The Morgan fingerprint density at radius 3 is 2.65 bits per heavy atom. The Labute approximate surface area is 103 Å². The number of hydrogen-bond acceptors (Lipinski definition) is 4. The first kappa shape index (κ1) is 12.3. The molecule has 1 aromatic heterocycles. The van der Waals surface area contributed by atoms with E-state index in [1.807, 2.05) is 12.4 Å². The summed E-state index contributed by atoms with van der Waals surface area (Å²) in [5, 5.41) is 3.71. The van der Waals surface area contributed by atoms with Crippen molar-refractivity contribution < 1.29 is 0 Å². The van der Waals surface area contributed by atoms with E-state index in [0.29, 0.717) is 0 Å². The molecule has 0 unspecified atom stereocenters. The smallest absolute Gasteiger partial charge is 0.115 e. The van der Waals surface area contributed by atoms with Crippen LogP contribution in [0.4, 0.5) is 5.69 Å². The maximum atomic E-state index is 4.12. The van der Waals surface area contributed by atoms with Gasteiger partial charge in [-0.15, -0.1) is 0 Å². The number of hydrogen-bond donors (Lipinski definition) is 1. The fourth-order valence-electron chi connectivity index (χ4n) is 2.52. The predicted octanol–water partition coefficient (Wildman–Crippen LogP) is 1.84. The third kappa shape index (κ3) is 2.75. The molecule has 0 bridgehead atoms. The second kappa shape index (κ2) is 5.45. The highest BCUT2D eigenvalue weighted by Gasteiger charge is 2.30. The molecule has 2 rings (SSSR count). The standard InChI is InChI=1S/C13H22N4/c1-3-13(4-2)10-17(7-5-6-16-13)12-8-14-11-15-9-12/h8-9,11,16H,3-7,10H2,1-2H3. The van der Waals surface area contributed by atoms with Crippen molar-refractivity contribution in [3.63, 3.8) is 0 Å². The summed E-state index contributed by atoms with van der Waals surface area (Å²) in [5.74, 6) is 0. The molecule has 1 aliphatic rings. The molecule has 1 aromatic rings. The summed E-state index contributed by atoms with van der Waals surface area (Å²) < 4.78 is 0. The summed E-state index contributed by atoms with van der Waals surface area (Å²) in [6.45, 7) is 7.77. The maximum absolute atomic E-state index is 4.12. The second-order valence-corrected chi connectivity index (χ2v) is 4.79. The minimum Gasteiger partial charge on any atom is -0.367 e. The fraction of sp³-hybridized carbons (Fsp3) is 0.692. The Hall–Kier alpha value is -1.16. The average Bonchev–Trinajstić information content (AvgIpc) is 2.63. The van der Waals surface area contributed by atoms with Gasteiger partial charge in [0.05, 0.1) is 18.1 Å². The SMILES string of the molecule is CCC1(CC)CN(c2cncnc2)CCCN1. The van der Waals surface area contributed by atoms with E-state index in [9.17, 15) is 0 Å². The van der Waals surface area contributed by atoms with E-state index >= 15 is 0 Å². The van der Waals surface area contributed by atoms with Crippen LogP contribution in [0.3, 0.4) is 0 Å². The van der Waals surface area contributed by atoms with Crippen molar-refractivity contribution in [2.45, 2.75) is 38.6 Å². The number of rotatable bonds is 3. The van der Waals surface area contributed by atoms with Gasteiger partial charge in [0.2, 0.25) is 0 Å². The van der Waals surface area contributed by atoms with E-state index in [2.05, 4.69) is 34.0 Å². The van der Waals surface area contributed by atoms with Crippen LogP contribution < -0.4 is 10.2 Å². The zero-order valence-electron chi connectivity index (χ0n) is 10.8.